The van der Waals surface area contributed by atoms with Crippen molar-refractivity contribution >= 4 is 17.6 Å². The number of hydrogen-bond donors (Lipinski definition) is 0. The Hall–Kier alpha value is -1.16. The van der Waals surface area contributed by atoms with Crippen LogP contribution in [-0.4, -0.2) is 22.5 Å². The summed E-state index contributed by atoms with van der Waals surface area (Å²) in [5, 5.41) is 0.236. The molecule has 0 N–H and O–H groups in total. The van der Waals surface area contributed by atoms with Gasteiger partial charge in [-0.15, -0.1) is 0 Å². The second-order valence-electron chi connectivity index (χ2n) is 4.42. The fraction of sp³-hybridized carbons (Fsp3) is 0.615. The fourth-order valence-electron chi connectivity index (χ4n) is 1.39. The van der Waals surface area contributed by atoms with E-state index in [1.165, 1.54) is 6.20 Å². The van der Waals surface area contributed by atoms with Gasteiger partial charge in [-0.05, 0) is 6.42 Å². The number of hydrogen-bond acceptors (Lipinski definition) is 4. The van der Waals surface area contributed by atoms with Crippen LogP contribution in [0.5, 0.6) is 0 Å². The van der Waals surface area contributed by atoms with E-state index >= 15 is 0 Å². The van der Waals surface area contributed by atoms with Crippen LogP contribution in [-0.2, 0) is 4.74 Å². The summed E-state index contributed by atoms with van der Waals surface area (Å²) < 4.78 is 5.13. The molecule has 0 saturated carbocycles. The average molecular weight is 271 g/mol. The molecule has 1 aromatic heterocycles. The van der Waals surface area contributed by atoms with Crippen molar-refractivity contribution in [1.82, 2.24) is 9.97 Å². The monoisotopic (exact) mass is 270 g/mol. The molecule has 1 aromatic rings. The number of ether oxygens (including phenoxy) is 1. The van der Waals surface area contributed by atoms with Gasteiger partial charge in [0.2, 0.25) is 0 Å². The summed E-state index contributed by atoms with van der Waals surface area (Å²) in [6.07, 6.45) is 4.44. The average Bonchev–Trinajstić information content (AvgIpc) is 2.34. The van der Waals surface area contributed by atoms with Gasteiger partial charge in [0.05, 0.1) is 17.8 Å². The lowest BCUT2D eigenvalue weighted by Gasteiger charge is -2.08. The van der Waals surface area contributed by atoms with Crippen molar-refractivity contribution in [3.8, 4) is 0 Å². The molecule has 0 saturated heterocycles. The molecule has 0 aliphatic rings. The molecule has 4 nitrogen and oxygen atoms in total. The fourth-order valence-corrected chi connectivity index (χ4v) is 1.56. The molecule has 1 heterocycles. The number of unbranched alkanes of at least 4 members (excludes halogenated alkanes) is 2. The van der Waals surface area contributed by atoms with Crippen LogP contribution in [0.1, 0.15) is 62.3 Å². The predicted octanol–water partition coefficient (Wildman–Crippen LogP) is 3.60. The molecule has 1 rings (SSSR count). The van der Waals surface area contributed by atoms with Crippen molar-refractivity contribution in [3.63, 3.8) is 0 Å². The minimum absolute atomic E-state index is 0.147. The van der Waals surface area contributed by atoms with Crippen LogP contribution in [0, 0.1) is 0 Å². The Balaban J connectivity index is 2.69. The number of aromatic nitrogens is 2. The highest BCUT2D eigenvalue weighted by Gasteiger charge is 2.16. The van der Waals surface area contributed by atoms with Crippen molar-refractivity contribution in [2.24, 2.45) is 0 Å². The number of rotatable bonds is 6. The lowest BCUT2D eigenvalue weighted by Crippen LogP contribution is -2.12. The summed E-state index contributed by atoms with van der Waals surface area (Å²) in [5.74, 6) is 0.272. The van der Waals surface area contributed by atoms with Gasteiger partial charge in [0, 0.05) is 5.92 Å². The van der Waals surface area contributed by atoms with Gasteiger partial charge in [0.15, 0.2) is 5.69 Å². The third-order valence-corrected chi connectivity index (χ3v) is 2.73. The standard InChI is InChI=1S/C13H19ClN2O2/c1-4-5-6-7-18-13(17)11-10(14)8-15-12(16-11)9(2)3/h8-9H,4-7H2,1-3H3. The summed E-state index contributed by atoms with van der Waals surface area (Å²) in [5.41, 5.74) is 0.159. The van der Waals surface area contributed by atoms with Crippen molar-refractivity contribution in [2.75, 3.05) is 6.61 Å². The SMILES string of the molecule is CCCCCOC(=O)c1nc(C(C)C)ncc1Cl. The van der Waals surface area contributed by atoms with E-state index in [1.807, 2.05) is 13.8 Å². The number of carbonyl (C=O) groups is 1. The molecule has 0 aliphatic heterocycles. The van der Waals surface area contributed by atoms with Gasteiger partial charge in [-0.25, -0.2) is 14.8 Å². The molecule has 0 aromatic carbocycles. The lowest BCUT2D eigenvalue weighted by atomic mass is 10.2. The van der Waals surface area contributed by atoms with Gasteiger partial charge in [-0.2, -0.15) is 0 Å². The van der Waals surface area contributed by atoms with Crippen LogP contribution in [0.15, 0.2) is 6.20 Å². The van der Waals surface area contributed by atoms with Crippen LogP contribution >= 0.6 is 11.6 Å². The molecule has 0 bridgehead atoms. The Bertz CT molecular complexity index is 408. The molecule has 0 spiro atoms. The first-order valence-corrected chi connectivity index (χ1v) is 6.63. The van der Waals surface area contributed by atoms with Gasteiger partial charge < -0.3 is 4.74 Å². The highest BCUT2D eigenvalue weighted by Crippen LogP contribution is 2.17. The van der Waals surface area contributed by atoms with E-state index in [0.29, 0.717) is 12.4 Å². The molecule has 0 atom stereocenters. The second-order valence-corrected chi connectivity index (χ2v) is 4.83. The van der Waals surface area contributed by atoms with Gasteiger partial charge in [0.25, 0.3) is 0 Å². The first kappa shape index (κ1) is 14.9. The van der Waals surface area contributed by atoms with E-state index in [2.05, 4.69) is 16.9 Å². The lowest BCUT2D eigenvalue weighted by molar-refractivity contribution is 0.0491. The van der Waals surface area contributed by atoms with Gasteiger partial charge in [0.1, 0.15) is 5.82 Å². The molecule has 18 heavy (non-hydrogen) atoms. The molecule has 0 fully saturated rings. The Morgan fingerprint density at radius 2 is 2.17 bits per heavy atom. The largest absolute Gasteiger partial charge is 0.461 e. The molecular weight excluding hydrogens is 252 g/mol. The van der Waals surface area contributed by atoms with E-state index in [-0.39, 0.29) is 16.6 Å². The van der Waals surface area contributed by atoms with Crippen LogP contribution < -0.4 is 0 Å². The van der Waals surface area contributed by atoms with Gasteiger partial charge >= 0.3 is 5.97 Å². The number of carbonyl (C=O) groups excluding carboxylic acids is 1. The molecule has 0 amide bonds. The van der Waals surface area contributed by atoms with Crippen molar-refractivity contribution in [2.45, 2.75) is 46.0 Å². The Kier molecular flexibility index (Phi) is 6.05. The molecule has 0 aliphatic carbocycles. The van der Waals surface area contributed by atoms with E-state index < -0.39 is 5.97 Å². The van der Waals surface area contributed by atoms with E-state index in [1.54, 1.807) is 0 Å². The maximum atomic E-state index is 11.8. The van der Waals surface area contributed by atoms with Crippen LogP contribution in [0.25, 0.3) is 0 Å². The van der Waals surface area contributed by atoms with Crippen LogP contribution in [0.2, 0.25) is 5.02 Å². The predicted molar refractivity (Wildman–Crippen MR) is 70.9 cm³/mol. The zero-order chi connectivity index (χ0) is 13.5. The zero-order valence-electron chi connectivity index (χ0n) is 11.1. The molecule has 5 heteroatoms. The van der Waals surface area contributed by atoms with Crippen LogP contribution in [0.3, 0.4) is 0 Å². The number of esters is 1. The molecule has 100 valence electrons. The minimum atomic E-state index is -0.472. The number of nitrogens with zero attached hydrogens (tertiary/aromatic N) is 2. The molecule has 0 unspecified atom stereocenters. The van der Waals surface area contributed by atoms with Crippen molar-refractivity contribution < 1.29 is 9.53 Å². The Labute approximate surface area is 113 Å². The molecular formula is C13H19ClN2O2. The smallest absolute Gasteiger partial charge is 0.358 e. The third-order valence-electron chi connectivity index (χ3n) is 2.45. The highest BCUT2D eigenvalue weighted by atomic mass is 35.5. The summed E-state index contributed by atoms with van der Waals surface area (Å²) in [6, 6.07) is 0. The highest BCUT2D eigenvalue weighted by molar-refractivity contribution is 6.33. The van der Waals surface area contributed by atoms with Gasteiger partial charge in [-0.3, -0.25) is 0 Å². The van der Waals surface area contributed by atoms with Gasteiger partial charge in [-0.1, -0.05) is 45.2 Å². The first-order valence-electron chi connectivity index (χ1n) is 6.25. The summed E-state index contributed by atoms with van der Waals surface area (Å²) in [4.78, 5) is 20.0. The Morgan fingerprint density at radius 3 is 2.78 bits per heavy atom. The summed E-state index contributed by atoms with van der Waals surface area (Å²) in [6.45, 7) is 6.42. The minimum Gasteiger partial charge on any atom is -0.461 e. The van der Waals surface area contributed by atoms with E-state index in [4.69, 9.17) is 16.3 Å². The van der Waals surface area contributed by atoms with Crippen molar-refractivity contribution in [1.29, 1.82) is 0 Å². The normalized spacial score (nSPS) is 10.7. The second kappa shape index (κ2) is 7.31. The Morgan fingerprint density at radius 1 is 1.44 bits per heavy atom. The van der Waals surface area contributed by atoms with E-state index in [0.717, 1.165) is 19.3 Å². The third kappa shape index (κ3) is 4.26. The van der Waals surface area contributed by atoms with Crippen molar-refractivity contribution in [3.05, 3.63) is 22.7 Å². The summed E-state index contributed by atoms with van der Waals surface area (Å²) >= 11 is 5.91. The van der Waals surface area contributed by atoms with Crippen LogP contribution in [0.4, 0.5) is 0 Å². The molecule has 0 radical (unpaired) electrons. The quantitative estimate of drug-likeness (QED) is 0.585. The number of halogens is 1. The first-order chi connectivity index (χ1) is 8.56. The maximum Gasteiger partial charge on any atom is 0.358 e. The maximum absolute atomic E-state index is 11.8. The summed E-state index contributed by atoms with van der Waals surface area (Å²) in [7, 11) is 0. The van der Waals surface area contributed by atoms with E-state index in [9.17, 15) is 4.79 Å². The zero-order valence-corrected chi connectivity index (χ0v) is 11.8. The topological polar surface area (TPSA) is 52.1 Å².